The van der Waals surface area contributed by atoms with Crippen molar-refractivity contribution >= 4 is 50.2 Å². The molecule has 0 aliphatic heterocycles. The first kappa shape index (κ1) is 33.4. The number of ether oxygens (including phenoxy) is 2. The lowest BCUT2D eigenvalue weighted by molar-refractivity contribution is 0.0950. The van der Waals surface area contributed by atoms with Crippen LogP contribution in [0.1, 0.15) is 21.0 Å². The van der Waals surface area contributed by atoms with E-state index < -0.39 is 0 Å². The number of nitrogen functional groups attached to an aromatic ring is 1. The van der Waals surface area contributed by atoms with Crippen LogP contribution < -0.4 is 31.2 Å². The minimum atomic E-state index is -0.263. The number of aryl methyl sites for hydroxylation is 1. The number of anilines is 2. The number of rotatable bonds is 8. The van der Waals surface area contributed by atoms with Gasteiger partial charge in [-0.1, -0.05) is 28.1 Å². The number of amides is 2. The van der Waals surface area contributed by atoms with E-state index in [0.717, 1.165) is 32.6 Å². The summed E-state index contributed by atoms with van der Waals surface area (Å²) in [4.78, 5) is 36.0. The number of nitrogens with two attached hydrogens (primary N) is 1. The third-order valence-corrected chi connectivity index (χ3v) is 7.63. The molecular weight excluding hydrogens is 676 g/mol. The molecule has 0 bridgehead atoms. The van der Waals surface area contributed by atoms with Crippen molar-refractivity contribution in [3.05, 3.63) is 113 Å². The summed E-state index contributed by atoms with van der Waals surface area (Å²) in [5, 5.41) is 8.04. The lowest BCUT2D eigenvalue weighted by atomic mass is 10.2. The number of hydrogen-bond acceptors (Lipinski definition) is 9. The van der Waals surface area contributed by atoms with Gasteiger partial charge < -0.3 is 35.7 Å². The van der Waals surface area contributed by atoms with Crippen molar-refractivity contribution in [2.75, 3.05) is 32.2 Å². The predicted octanol–water partition coefficient (Wildman–Crippen LogP) is 6.41. The lowest BCUT2D eigenvalue weighted by Crippen LogP contribution is -2.18. The van der Waals surface area contributed by atoms with Crippen LogP contribution in [0.3, 0.4) is 0 Å². The van der Waals surface area contributed by atoms with Crippen molar-refractivity contribution in [1.82, 2.24) is 30.2 Å². The van der Waals surface area contributed by atoms with E-state index in [9.17, 15) is 9.59 Å². The van der Waals surface area contributed by atoms with E-state index in [4.69, 9.17) is 20.2 Å². The number of aromatic nitrogens is 4. The highest BCUT2D eigenvalue weighted by Crippen LogP contribution is 2.30. The molecule has 3 heterocycles. The van der Waals surface area contributed by atoms with Crippen molar-refractivity contribution in [3.8, 4) is 34.4 Å². The molecule has 0 aliphatic rings. The standard InChI is InChI=1S/C21H17BrN4O2.C14H16N4O2/c1-23-21(27)18-12-16(9-10-24-18)28-15-7-8-19-17(11-15)25-20(26(19)2)13-3-5-14(22)6-4-13;1-16-12-4-3-9(7-11(12)15)20-10-5-6-18-13(8-10)14(19)17-2/h3-12H,1-2H3,(H,23,27);3-8,16H,15H2,1-2H3,(H,17,19). The monoisotopic (exact) mass is 708 g/mol. The number of imidazole rings is 1. The second-order valence-corrected chi connectivity index (χ2v) is 11.2. The van der Waals surface area contributed by atoms with Gasteiger partial charge in [-0.2, -0.15) is 0 Å². The number of nitrogens with one attached hydrogen (secondary N) is 3. The molecule has 6 rings (SSSR count). The highest BCUT2D eigenvalue weighted by Gasteiger charge is 2.12. The summed E-state index contributed by atoms with van der Waals surface area (Å²) < 4.78 is 14.7. The first-order chi connectivity index (χ1) is 23.2. The van der Waals surface area contributed by atoms with Crippen LogP contribution in [0.15, 0.2) is 102 Å². The van der Waals surface area contributed by atoms with Crippen LogP contribution in [0.4, 0.5) is 11.4 Å². The zero-order valence-electron chi connectivity index (χ0n) is 26.6. The van der Waals surface area contributed by atoms with Crippen molar-refractivity contribution in [1.29, 1.82) is 0 Å². The molecule has 0 aliphatic carbocycles. The number of benzene rings is 3. The molecule has 6 aromatic rings. The average molecular weight is 710 g/mol. The van der Waals surface area contributed by atoms with Gasteiger partial charge in [-0.3, -0.25) is 19.6 Å². The number of fused-ring (bicyclic) bond motifs is 1. The number of pyridine rings is 2. The number of halogens is 1. The van der Waals surface area contributed by atoms with Crippen LogP contribution in [0, 0.1) is 0 Å². The summed E-state index contributed by atoms with van der Waals surface area (Å²) >= 11 is 3.46. The Kier molecular flexibility index (Phi) is 10.5. The van der Waals surface area contributed by atoms with E-state index >= 15 is 0 Å². The number of carbonyl (C=O) groups is 2. The minimum Gasteiger partial charge on any atom is -0.457 e. The van der Waals surface area contributed by atoms with E-state index in [2.05, 4.69) is 46.4 Å². The van der Waals surface area contributed by atoms with Gasteiger partial charge in [-0.25, -0.2) is 4.98 Å². The van der Waals surface area contributed by atoms with Crippen LogP contribution in [0.25, 0.3) is 22.4 Å². The Morgan fingerprint density at radius 1 is 0.729 bits per heavy atom. The first-order valence-electron chi connectivity index (χ1n) is 14.7. The Morgan fingerprint density at radius 3 is 1.81 bits per heavy atom. The fraction of sp³-hybridized carbons (Fsp3) is 0.114. The topological polar surface area (TPSA) is 158 Å². The molecule has 0 atom stereocenters. The second kappa shape index (κ2) is 15.1. The van der Waals surface area contributed by atoms with Crippen LogP contribution in [-0.2, 0) is 7.05 Å². The second-order valence-electron chi connectivity index (χ2n) is 10.3. The van der Waals surface area contributed by atoms with Crippen LogP contribution in [0.5, 0.6) is 23.0 Å². The highest BCUT2D eigenvalue weighted by molar-refractivity contribution is 9.10. The number of hydrogen-bond donors (Lipinski definition) is 4. The van der Waals surface area contributed by atoms with E-state index in [0.29, 0.717) is 40.1 Å². The van der Waals surface area contributed by atoms with Gasteiger partial charge in [0.1, 0.15) is 40.2 Å². The van der Waals surface area contributed by atoms with Gasteiger partial charge in [0, 0.05) is 74.9 Å². The van der Waals surface area contributed by atoms with E-state index in [1.807, 2.05) is 55.6 Å². The molecule has 0 unspecified atom stereocenters. The van der Waals surface area contributed by atoms with Gasteiger partial charge in [0.15, 0.2) is 0 Å². The van der Waals surface area contributed by atoms with E-state index in [1.54, 1.807) is 63.7 Å². The zero-order valence-corrected chi connectivity index (χ0v) is 28.2. The third-order valence-electron chi connectivity index (χ3n) is 7.10. The van der Waals surface area contributed by atoms with E-state index in [1.165, 1.54) is 6.20 Å². The molecule has 3 aromatic carbocycles. The quantitative estimate of drug-likeness (QED) is 0.131. The molecule has 0 radical (unpaired) electrons. The smallest absolute Gasteiger partial charge is 0.269 e. The van der Waals surface area contributed by atoms with Gasteiger partial charge in [-0.05, 0) is 48.5 Å². The largest absolute Gasteiger partial charge is 0.457 e. The molecule has 0 saturated heterocycles. The fourth-order valence-corrected chi connectivity index (χ4v) is 4.92. The Labute approximate surface area is 285 Å². The molecule has 48 heavy (non-hydrogen) atoms. The van der Waals surface area contributed by atoms with E-state index in [-0.39, 0.29) is 11.8 Å². The maximum Gasteiger partial charge on any atom is 0.269 e. The Morgan fingerprint density at radius 2 is 1.27 bits per heavy atom. The molecule has 2 amide bonds. The summed E-state index contributed by atoms with van der Waals surface area (Å²) in [6.07, 6.45) is 3.07. The molecule has 0 saturated carbocycles. The summed E-state index contributed by atoms with van der Waals surface area (Å²) in [6, 6.07) is 25.7. The first-order valence-corrected chi connectivity index (χ1v) is 15.5. The molecule has 244 valence electrons. The molecule has 13 heteroatoms. The number of nitrogens with zero attached hydrogens (tertiary/aromatic N) is 4. The SMILES string of the molecule is CNC(=O)c1cc(Oc2ccc(NC)c(N)c2)ccn1.CNC(=O)c1cc(Oc2ccc3c(c2)nc(-c2ccc(Br)cc2)n3C)ccn1. The molecule has 5 N–H and O–H groups in total. The third kappa shape index (κ3) is 7.88. The number of carbonyl (C=O) groups excluding carboxylic acids is 2. The summed E-state index contributed by atoms with van der Waals surface area (Å²) in [5.74, 6) is 2.65. The lowest BCUT2D eigenvalue weighted by Gasteiger charge is -2.10. The highest BCUT2D eigenvalue weighted by atomic mass is 79.9. The molecule has 12 nitrogen and oxygen atoms in total. The van der Waals surface area contributed by atoms with Crippen LogP contribution in [-0.4, -0.2) is 52.5 Å². The van der Waals surface area contributed by atoms with Crippen LogP contribution in [0.2, 0.25) is 0 Å². The predicted molar refractivity (Wildman–Crippen MR) is 190 cm³/mol. The van der Waals surface area contributed by atoms with Gasteiger partial charge in [-0.15, -0.1) is 0 Å². The minimum absolute atomic E-state index is 0.259. The fourth-order valence-electron chi connectivity index (χ4n) is 4.66. The Balaban J connectivity index is 0.000000199. The Hall–Kier alpha value is -5.95. The van der Waals surface area contributed by atoms with Crippen LogP contribution >= 0.6 is 15.9 Å². The van der Waals surface area contributed by atoms with Gasteiger partial charge in [0.2, 0.25) is 0 Å². The van der Waals surface area contributed by atoms with Crippen molar-refractivity contribution in [3.63, 3.8) is 0 Å². The summed E-state index contributed by atoms with van der Waals surface area (Å²) in [7, 11) is 6.90. The van der Waals surface area contributed by atoms with Gasteiger partial charge >= 0.3 is 0 Å². The zero-order chi connectivity index (χ0) is 34.2. The molecule has 3 aromatic heterocycles. The summed E-state index contributed by atoms with van der Waals surface area (Å²) in [5.41, 5.74) is 10.8. The summed E-state index contributed by atoms with van der Waals surface area (Å²) in [6.45, 7) is 0. The molecule has 0 fully saturated rings. The van der Waals surface area contributed by atoms with Gasteiger partial charge in [0.05, 0.1) is 22.4 Å². The normalized spacial score (nSPS) is 10.4. The maximum atomic E-state index is 11.7. The van der Waals surface area contributed by atoms with Crippen molar-refractivity contribution in [2.24, 2.45) is 7.05 Å². The maximum absolute atomic E-state index is 11.7. The average Bonchev–Trinajstić information content (AvgIpc) is 3.43. The molecule has 0 spiro atoms. The van der Waals surface area contributed by atoms with Crippen molar-refractivity contribution in [2.45, 2.75) is 0 Å². The van der Waals surface area contributed by atoms with Crippen molar-refractivity contribution < 1.29 is 19.1 Å². The Bertz CT molecular complexity index is 2080. The van der Waals surface area contributed by atoms with Gasteiger partial charge in [0.25, 0.3) is 11.8 Å². The molecular formula is C35H33BrN8O4.